The second kappa shape index (κ2) is 9.81. The largest absolute Gasteiger partial charge is 0.495 e. The summed E-state index contributed by atoms with van der Waals surface area (Å²) < 4.78 is 32.4. The van der Waals surface area contributed by atoms with Crippen molar-refractivity contribution < 1.29 is 17.9 Å². The topological polar surface area (TPSA) is 113 Å². The first-order chi connectivity index (χ1) is 15.0. The maximum absolute atomic E-state index is 13.0. The van der Waals surface area contributed by atoms with Crippen molar-refractivity contribution in [3.63, 3.8) is 0 Å². The van der Waals surface area contributed by atoms with Crippen LogP contribution in [0.4, 0.5) is 22.0 Å². The molecule has 31 heavy (non-hydrogen) atoms. The monoisotopic (exact) mass is 441 g/mol. The zero-order valence-corrected chi connectivity index (χ0v) is 17.9. The van der Waals surface area contributed by atoms with Gasteiger partial charge in [-0.3, -0.25) is 15.2 Å². The number of rotatable bonds is 8. The molecule has 162 valence electrons. The van der Waals surface area contributed by atoms with E-state index in [1.165, 1.54) is 29.7 Å². The van der Waals surface area contributed by atoms with Crippen molar-refractivity contribution in [1.29, 1.82) is 0 Å². The molecule has 1 aromatic heterocycles. The van der Waals surface area contributed by atoms with Crippen LogP contribution in [0.25, 0.3) is 0 Å². The molecule has 0 aliphatic heterocycles. The molecular weight excluding hydrogens is 418 g/mol. The third-order valence-corrected chi connectivity index (χ3v) is 6.20. The van der Waals surface area contributed by atoms with Crippen LogP contribution in [-0.4, -0.2) is 33.1 Å². The minimum atomic E-state index is -3.77. The van der Waals surface area contributed by atoms with E-state index in [0.29, 0.717) is 17.1 Å². The number of sulfonamides is 1. The predicted octanol–water partition coefficient (Wildman–Crippen LogP) is 3.45. The summed E-state index contributed by atoms with van der Waals surface area (Å²) in [7, 11) is -2.26. The number of hydrogen-bond acceptors (Lipinski definition) is 6. The number of para-hydroxylation sites is 3. The van der Waals surface area contributed by atoms with E-state index in [9.17, 15) is 13.2 Å². The number of carbonyl (C=O) groups excluding carboxylic acids is 1. The number of methoxy groups -OCH3 is 1. The quantitative estimate of drug-likeness (QED) is 0.462. The highest BCUT2D eigenvalue weighted by molar-refractivity contribution is 7.92. The number of nitrogens with zero attached hydrogens (tertiary/aromatic N) is 2. The van der Waals surface area contributed by atoms with Gasteiger partial charge in [0.1, 0.15) is 16.5 Å². The van der Waals surface area contributed by atoms with E-state index in [-0.39, 0.29) is 17.3 Å². The molecule has 0 saturated carbocycles. The molecule has 3 aromatic rings. The molecule has 3 N–H and O–H groups in total. The number of amides is 2. The van der Waals surface area contributed by atoms with Crippen LogP contribution in [-0.2, 0) is 10.0 Å². The Hall–Kier alpha value is -3.79. The van der Waals surface area contributed by atoms with Gasteiger partial charge in [-0.1, -0.05) is 30.3 Å². The molecule has 2 amide bonds. The molecule has 1 heterocycles. The normalized spacial score (nSPS) is 10.8. The number of urea groups is 1. The number of pyridine rings is 1. The molecule has 0 unspecified atom stereocenters. The minimum absolute atomic E-state index is 0.0437. The Morgan fingerprint density at radius 2 is 1.74 bits per heavy atom. The number of hydrogen-bond donors (Lipinski definition) is 3. The number of carbonyl (C=O) groups is 1. The number of anilines is 3. The van der Waals surface area contributed by atoms with Gasteiger partial charge in [-0.15, -0.1) is 0 Å². The number of hydrazine groups is 1. The van der Waals surface area contributed by atoms with Crippen LogP contribution in [0, 0.1) is 0 Å². The van der Waals surface area contributed by atoms with E-state index in [1.807, 2.05) is 6.07 Å². The van der Waals surface area contributed by atoms with Crippen molar-refractivity contribution in [2.24, 2.45) is 0 Å². The third-order valence-electron chi connectivity index (χ3n) is 4.32. The molecule has 0 radical (unpaired) electrons. The van der Waals surface area contributed by atoms with Crippen molar-refractivity contribution in [3.05, 3.63) is 72.9 Å². The maximum atomic E-state index is 13.0. The third kappa shape index (κ3) is 5.23. The van der Waals surface area contributed by atoms with Gasteiger partial charge < -0.3 is 10.1 Å². The Morgan fingerprint density at radius 3 is 2.39 bits per heavy atom. The first-order valence-electron chi connectivity index (χ1n) is 9.45. The van der Waals surface area contributed by atoms with E-state index >= 15 is 0 Å². The van der Waals surface area contributed by atoms with Gasteiger partial charge in [-0.05, 0) is 43.3 Å². The Labute approximate surface area is 181 Å². The Kier molecular flexibility index (Phi) is 6.93. The summed E-state index contributed by atoms with van der Waals surface area (Å²) in [4.78, 5) is 16.2. The predicted molar refractivity (Wildman–Crippen MR) is 120 cm³/mol. The van der Waals surface area contributed by atoms with Crippen molar-refractivity contribution in [2.45, 2.75) is 11.8 Å². The summed E-state index contributed by atoms with van der Waals surface area (Å²) in [5.41, 5.74) is 6.14. The fraction of sp³-hybridized carbons (Fsp3) is 0.143. The molecule has 0 bridgehead atoms. The van der Waals surface area contributed by atoms with Crippen LogP contribution in [0.15, 0.2) is 77.8 Å². The number of nitrogens with one attached hydrogen (secondary N) is 3. The summed E-state index contributed by atoms with van der Waals surface area (Å²) in [5.74, 6) is 0.793. The Balaban J connectivity index is 1.65. The van der Waals surface area contributed by atoms with E-state index in [2.05, 4.69) is 21.2 Å². The number of ether oxygens (including phenoxy) is 1. The lowest BCUT2D eigenvalue weighted by Crippen LogP contribution is -2.34. The van der Waals surface area contributed by atoms with Crippen LogP contribution < -0.4 is 25.2 Å². The van der Waals surface area contributed by atoms with Gasteiger partial charge in [0.25, 0.3) is 10.0 Å². The molecule has 9 nitrogen and oxygen atoms in total. The highest BCUT2D eigenvalue weighted by Crippen LogP contribution is 2.24. The van der Waals surface area contributed by atoms with Crippen LogP contribution in [0.2, 0.25) is 0 Å². The first-order valence-corrected chi connectivity index (χ1v) is 10.9. The van der Waals surface area contributed by atoms with Crippen LogP contribution in [0.3, 0.4) is 0 Å². The van der Waals surface area contributed by atoms with Gasteiger partial charge >= 0.3 is 6.03 Å². The Bertz CT molecular complexity index is 1120. The lowest BCUT2D eigenvalue weighted by Gasteiger charge is -2.22. The van der Waals surface area contributed by atoms with Crippen molar-refractivity contribution in [1.82, 2.24) is 10.4 Å². The average molecular weight is 442 g/mol. The second-order valence-electron chi connectivity index (χ2n) is 6.29. The maximum Gasteiger partial charge on any atom is 0.338 e. The molecular formula is C21H23N5O4S. The highest BCUT2D eigenvalue weighted by atomic mass is 32.2. The molecule has 0 spiro atoms. The van der Waals surface area contributed by atoms with Crippen molar-refractivity contribution in [3.8, 4) is 5.75 Å². The van der Waals surface area contributed by atoms with Gasteiger partial charge in [0, 0.05) is 12.7 Å². The van der Waals surface area contributed by atoms with E-state index in [4.69, 9.17) is 4.74 Å². The van der Waals surface area contributed by atoms with Gasteiger partial charge in [-0.25, -0.2) is 18.2 Å². The molecule has 0 fully saturated rings. The van der Waals surface area contributed by atoms with Gasteiger partial charge in [0.2, 0.25) is 0 Å². The fourth-order valence-electron chi connectivity index (χ4n) is 2.84. The van der Waals surface area contributed by atoms with Crippen molar-refractivity contribution >= 4 is 33.2 Å². The van der Waals surface area contributed by atoms with E-state index in [1.54, 1.807) is 55.5 Å². The van der Waals surface area contributed by atoms with Crippen LogP contribution in [0.1, 0.15) is 6.92 Å². The van der Waals surface area contributed by atoms with Gasteiger partial charge in [0.15, 0.2) is 0 Å². The molecule has 10 heteroatoms. The summed E-state index contributed by atoms with van der Waals surface area (Å²) in [5, 5.41) is 2.64. The number of benzene rings is 2. The van der Waals surface area contributed by atoms with Gasteiger partial charge in [-0.2, -0.15) is 0 Å². The fourth-order valence-corrected chi connectivity index (χ4v) is 4.26. The van der Waals surface area contributed by atoms with Gasteiger partial charge in [0.05, 0.1) is 18.5 Å². The van der Waals surface area contributed by atoms with Crippen LogP contribution in [0.5, 0.6) is 5.75 Å². The summed E-state index contributed by atoms with van der Waals surface area (Å²) in [6.45, 7) is 2.04. The number of aromatic nitrogens is 1. The van der Waals surface area contributed by atoms with Crippen molar-refractivity contribution in [2.75, 3.05) is 28.7 Å². The Morgan fingerprint density at radius 1 is 1.03 bits per heavy atom. The zero-order valence-electron chi connectivity index (χ0n) is 17.1. The smallest absolute Gasteiger partial charge is 0.338 e. The van der Waals surface area contributed by atoms with Crippen LogP contribution >= 0.6 is 0 Å². The lowest BCUT2D eigenvalue weighted by atomic mass is 10.3. The summed E-state index contributed by atoms with van der Waals surface area (Å²) in [6, 6.07) is 18.2. The zero-order chi connectivity index (χ0) is 22.3. The standard InChI is InChI=1S/C21H23N5O4S/c1-3-26(16-9-5-4-6-10-16)31(28,29)17-13-14-20(22-15-17)24-25-21(27)23-18-11-7-8-12-19(18)30-2/h4-15H,3H2,1-2H3,(H,22,24)(H2,23,25,27). The van der Waals surface area contributed by atoms with E-state index < -0.39 is 16.1 Å². The molecule has 0 aliphatic rings. The summed E-state index contributed by atoms with van der Waals surface area (Å²) >= 11 is 0. The van der Waals surface area contributed by atoms with E-state index in [0.717, 1.165) is 0 Å². The molecule has 0 atom stereocenters. The minimum Gasteiger partial charge on any atom is -0.495 e. The molecule has 3 rings (SSSR count). The second-order valence-corrected chi connectivity index (χ2v) is 8.15. The highest BCUT2D eigenvalue weighted by Gasteiger charge is 2.23. The first kappa shape index (κ1) is 21.9. The SMILES string of the molecule is CCN(c1ccccc1)S(=O)(=O)c1ccc(NNC(=O)Nc2ccccc2OC)nc1. The lowest BCUT2D eigenvalue weighted by molar-refractivity contribution is 0.253. The average Bonchev–Trinajstić information content (AvgIpc) is 2.79. The molecule has 0 saturated heterocycles. The molecule has 2 aromatic carbocycles. The molecule has 0 aliphatic carbocycles. The summed E-state index contributed by atoms with van der Waals surface area (Å²) in [6.07, 6.45) is 1.24.